The maximum Gasteiger partial charge on any atom is 0.266 e. The minimum atomic E-state index is -0.386. The van der Waals surface area contributed by atoms with Gasteiger partial charge in [0.25, 0.3) is 17.7 Å². The lowest BCUT2D eigenvalue weighted by atomic mass is 10.1. The van der Waals surface area contributed by atoms with Crippen molar-refractivity contribution in [1.82, 2.24) is 15.1 Å². The van der Waals surface area contributed by atoms with E-state index in [-0.39, 0.29) is 23.8 Å². The lowest BCUT2D eigenvalue weighted by Crippen LogP contribution is -2.31. The molecule has 7 heteroatoms. The van der Waals surface area contributed by atoms with Gasteiger partial charge >= 0.3 is 0 Å². The van der Waals surface area contributed by atoms with Gasteiger partial charge in [0.15, 0.2) is 0 Å². The fourth-order valence-electron chi connectivity index (χ4n) is 3.54. The number of amides is 3. The molecule has 146 valence electrons. The van der Waals surface area contributed by atoms with Crippen LogP contribution in [0, 0.1) is 0 Å². The van der Waals surface area contributed by atoms with Crippen LogP contribution in [0.25, 0.3) is 0 Å². The van der Waals surface area contributed by atoms with E-state index in [0.717, 1.165) is 10.6 Å². The Morgan fingerprint density at radius 2 is 1.72 bits per heavy atom. The van der Waals surface area contributed by atoms with Gasteiger partial charge in [-0.15, -0.1) is 0 Å². The number of hydrogen-bond acceptors (Lipinski definition) is 4. The van der Waals surface area contributed by atoms with Gasteiger partial charge < -0.3 is 5.32 Å². The van der Waals surface area contributed by atoms with E-state index in [4.69, 9.17) is 0 Å². The standard InChI is InChI=1S/C22H20N4O3/c1-3-25-19(11-12-23-25)14(2)24-20(27)15-7-6-8-16(13-15)26-21(28)17-9-4-5-10-18(17)22(26)29/h4-14H,3H2,1-2H3,(H,24,27). The number of nitrogens with one attached hydrogen (secondary N) is 1. The van der Waals surface area contributed by atoms with Gasteiger partial charge in [-0.2, -0.15) is 5.10 Å². The largest absolute Gasteiger partial charge is 0.344 e. The van der Waals surface area contributed by atoms with Gasteiger partial charge in [-0.05, 0) is 50.2 Å². The predicted molar refractivity (Wildman–Crippen MR) is 108 cm³/mol. The van der Waals surface area contributed by atoms with Gasteiger partial charge in [0.05, 0.1) is 28.6 Å². The number of carbonyl (C=O) groups is 3. The van der Waals surface area contributed by atoms with Crippen molar-refractivity contribution in [3.8, 4) is 0 Å². The monoisotopic (exact) mass is 388 g/mol. The summed E-state index contributed by atoms with van der Waals surface area (Å²) in [6.45, 7) is 4.57. The summed E-state index contributed by atoms with van der Waals surface area (Å²) in [6, 6.07) is 14.8. The molecule has 0 radical (unpaired) electrons. The summed E-state index contributed by atoms with van der Waals surface area (Å²) in [6.07, 6.45) is 1.70. The van der Waals surface area contributed by atoms with Gasteiger partial charge in [0.1, 0.15) is 0 Å². The van der Waals surface area contributed by atoms with Crippen molar-refractivity contribution in [2.24, 2.45) is 0 Å². The minimum absolute atomic E-state index is 0.243. The van der Waals surface area contributed by atoms with E-state index in [1.807, 2.05) is 24.6 Å². The van der Waals surface area contributed by atoms with E-state index >= 15 is 0 Å². The van der Waals surface area contributed by atoms with Gasteiger partial charge in [0.2, 0.25) is 0 Å². The molecule has 1 aliphatic heterocycles. The van der Waals surface area contributed by atoms with Crippen LogP contribution in [0.4, 0.5) is 5.69 Å². The molecule has 1 unspecified atom stereocenters. The van der Waals surface area contributed by atoms with Gasteiger partial charge in [0, 0.05) is 18.3 Å². The lowest BCUT2D eigenvalue weighted by Gasteiger charge is -2.17. The fourth-order valence-corrected chi connectivity index (χ4v) is 3.54. The predicted octanol–water partition coefficient (Wildman–Crippen LogP) is 3.19. The average Bonchev–Trinajstić information content (AvgIpc) is 3.31. The van der Waals surface area contributed by atoms with Crippen molar-refractivity contribution in [2.75, 3.05) is 4.90 Å². The highest BCUT2D eigenvalue weighted by molar-refractivity contribution is 6.34. The van der Waals surface area contributed by atoms with Crippen molar-refractivity contribution >= 4 is 23.4 Å². The Bertz CT molecular complexity index is 1080. The first-order valence-corrected chi connectivity index (χ1v) is 9.41. The average molecular weight is 388 g/mol. The molecule has 1 aliphatic rings. The van der Waals surface area contributed by atoms with Crippen LogP contribution in [0.5, 0.6) is 0 Å². The molecule has 1 atom stereocenters. The van der Waals surface area contributed by atoms with Crippen molar-refractivity contribution in [1.29, 1.82) is 0 Å². The Balaban J connectivity index is 1.57. The number of nitrogens with zero attached hydrogens (tertiary/aromatic N) is 3. The van der Waals surface area contributed by atoms with E-state index in [1.165, 1.54) is 0 Å². The molecule has 0 aliphatic carbocycles. The van der Waals surface area contributed by atoms with Crippen LogP contribution in [-0.4, -0.2) is 27.5 Å². The summed E-state index contributed by atoms with van der Waals surface area (Å²) in [5.41, 5.74) is 2.38. The molecule has 0 saturated carbocycles. The van der Waals surface area contributed by atoms with Crippen molar-refractivity contribution in [2.45, 2.75) is 26.4 Å². The summed E-state index contributed by atoms with van der Waals surface area (Å²) in [5.74, 6) is -1.06. The third-order valence-corrected chi connectivity index (χ3v) is 5.00. The molecule has 0 fully saturated rings. The molecular weight excluding hydrogens is 368 g/mol. The quantitative estimate of drug-likeness (QED) is 0.681. The van der Waals surface area contributed by atoms with Crippen LogP contribution in [0.1, 0.15) is 56.7 Å². The SMILES string of the molecule is CCn1nccc1C(C)NC(=O)c1cccc(N2C(=O)c3ccccc3C2=O)c1. The second kappa shape index (κ2) is 7.35. The molecule has 2 heterocycles. The Morgan fingerprint density at radius 1 is 1.03 bits per heavy atom. The van der Waals surface area contributed by atoms with Gasteiger partial charge in [-0.3, -0.25) is 19.1 Å². The van der Waals surface area contributed by atoms with E-state index in [2.05, 4.69) is 10.4 Å². The molecule has 7 nitrogen and oxygen atoms in total. The lowest BCUT2D eigenvalue weighted by molar-refractivity contribution is 0.0916. The summed E-state index contributed by atoms with van der Waals surface area (Å²) in [4.78, 5) is 39.3. The zero-order chi connectivity index (χ0) is 20.5. The van der Waals surface area contributed by atoms with Crippen LogP contribution >= 0.6 is 0 Å². The first kappa shape index (κ1) is 18.6. The first-order valence-electron chi connectivity index (χ1n) is 9.41. The summed E-state index contributed by atoms with van der Waals surface area (Å²) < 4.78 is 1.82. The number of carbonyl (C=O) groups excluding carboxylic acids is 3. The summed E-state index contributed by atoms with van der Waals surface area (Å²) >= 11 is 0. The maximum atomic E-state index is 12.8. The molecule has 1 aromatic heterocycles. The van der Waals surface area contributed by atoms with E-state index in [1.54, 1.807) is 54.7 Å². The second-order valence-corrected chi connectivity index (χ2v) is 6.81. The van der Waals surface area contributed by atoms with Gasteiger partial charge in [-0.25, -0.2) is 4.90 Å². The topological polar surface area (TPSA) is 84.3 Å². The number of aromatic nitrogens is 2. The third kappa shape index (κ3) is 3.20. The Labute approximate surface area is 167 Å². The highest BCUT2D eigenvalue weighted by Gasteiger charge is 2.36. The zero-order valence-corrected chi connectivity index (χ0v) is 16.1. The first-order chi connectivity index (χ1) is 14.0. The van der Waals surface area contributed by atoms with Crippen LogP contribution < -0.4 is 10.2 Å². The molecule has 3 aromatic rings. The number of hydrogen-bond donors (Lipinski definition) is 1. The molecular formula is C22H20N4O3. The smallest absolute Gasteiger partial charge is 0.266 e. The number of fused-ring (bicyclic) bond motifs is 1. The van der Waals surface area contributed by atoms with Crippen LogP contribution in [0.15, 0.2) is 60.8 Å². The number of anilines is 1. The van der Waals surface area contributed by atoms with Crippen LogP contribution in [0.2, 0.25) is 0 Å². The summed E-state index contributed by atoms with van der Waals surface area (Å²) in [7, 11) is 0. The van der Waals surface area contributed by atoms with Gasteiger partial charge in [-0.1, -0.05) is 18.2 Å². The van der Waals surface area contributed by atoms with Crippen molar-refractivity contribution < 1.29 is 14.4 Å². The third-order valence-electron chi connectivity index (χ3n) is 5.00. The second-order valence-electron chi connectivity index (χ2n) is 6.81. The summed E-state index contributed by atoms with van der Waals surface area (Å²) in [5, 5.41) is 7.16. The molecule has 4 rings (SSSR count). The maximum absolute atomic E-state index is 12.8. The zero-order valence-electron chi connectivity index (χ0n) is 16.1. The normalized spacial score (nSPS) is 14.1. The Hall–Kier alpha value is -3.74. The van der Waals surface area contributed by atoms with Crippen molar-refractivity contribution in [3.05, 3.63) is 83.2 Å². The molecule has 2 aromatic carbocycles. The number of rotatable bonds is 5. The van der Waals surface area contributed by atoms with E-state index in [9.17, 15) is 14.4 Å². The van der Waals surface area contributed by atoms with Crippen LogP contribution in [0.3, 0.4) is 0 Å². The highest BCUT2D eigenvalue weighted by atomic mass is 16.2. The Kier molecular flexibility index (Phi) is 4.72. The number of aryl methyl sites for hydroxylation is 1. The van der Waals surface area contributed by atoms with Crippen molar-refractivity contribution in [3.63, 3.8) is 0 Å². The molecule has 29 heavy (non-hydrogen) atoms. The molecule has 0 spiro atoms. The number of imide groups is 1. The number of benzene rings is 2. The highest BCUT2D eigenvalue weighted by Crippen LogP contribution is 2.28. The molecule has 0 bridgehead atoms. The molecule has 3 amide bonds. The fraction of sp³-hybridized carbons (Fsp3) is 0.182. The van der Waals surface area contributed by atoms with E-state index in [0.29, 0.717) is 28.9 Å². The molecule has 1 N–H and O–H groups in total. The minimum Gasteiger partial charge on any atom is -0.344 e. The van der Waals surface area contributed by atoms with E-state index < -0.39 is 0 Å². The van der Waals surface area contributed by atoms with Crippen LogP contribution in [-0.2, 0) is 6.54 Å². The Morgan fingerprint density at radius 3 is 2.38 bits per heavy atom. The molecule has 0 saturated heterocycles.